The van der Waals surface area contributed by atoms with E-state index >= 15 is 0 Å². The summed E-state index contributed by atoms with van der Waals surface area (Å²) in [4.78, 5) is 8.02. The third kappa shape index (κ3) is 2.20. The van der Waals surface area contributed by atoms with Crippen LogP contribution in [0.1, 0.15) is 19.0 Å². The molecule has 0 amide bonds. The molecular weight excluding hydrogens is 276 g/mol. The molecule has 1 unspecified atom stereocenters. The second kappa shape index (κ2) is 4.81. The first kappa shape index (κ1) is 13.2. The molecular formula is C10H13ClN4O2S. The van der Waals surface area contributed by atoms with Crippen molar-refractivity contribution in [2.24, 2.45) is 0 Å². The Bertz CT molecular complexity index is 668. The maximum atomic E-state index is 12.4. The van der Waals surface area contributed by atoms with E-state index in [0.717, 1.165) is 0 Å². The second-order valence-corrected chi connectivity index (χ2v) is 6.73. The van der Waals surface area contributed by atoms with Gasteiger partial charge in [-0.25, -0.2) is 13.4 Å². The largest absolute Gasteiger partial charge is 0.253 e. The lowest BCUT2D eigenvalue weighted by Gasteiger charge is -2.12. The Morgan fingerprint density at radius 1 is 1.50 bits per heavy atom. The molecule has 0 spiro atoms. The molecule has 0 N–H and O–H groups in total. The molecule has 0 saturated carbocycles. The lowest BCUT2D eigenvalue weighted by atomic mass is 10.4. The number of aromatic nitrogens is 4. The van der Waals surface area contributed by atoms with Crippen LogP contribution in [0.2, 0.25) is 0 Å². The Morgan fingerprint density at radius 3 is 2.89 bits per heavy atom. The molecule has 8 heteroatoms. The smallest absolute Gasteiger partial charge is 0.222 e. The zero-order valence-corrected chi connectivity index (χ0v) is 11.6. The molecule has 2 aromatic rings. The van der Waals surface area contributed by atoms with E-state index in [0.29, 0.717) is 18.0 Å². The predicted molar refractivity (Wildman–Crippen MR) is 67.5 cm³/mol. The minimum absolute atomic E-state index is 0.111. The first-order valence-corrected chi connectivity index (χ1v) is 7.52. The van der Waals surface area contributed by atoms with Gasteiger partial charge in [0.15, 0.2) is 14.9 Å². The molecule has 2 heterocycles. The highest BCUT2D eigenvalue weighted by molar-refractivity contribution is 7.92. The van der Waals surface area contributed by atoms with Gasteiger partial charge >= 0.3 is 0 Å². The molecule has 0 aliphatic heterocycles. The van der Waals surface area contributed by atoms with Crippen LogP contribution in [0.4, 0.5) is 0 Å². The molecule has 2 aromatic heterocycles. The average molecular weight is 289 g/mol. The number of hydrogen-bond donors (Lipinski definition) is 0. The number of rotatable bonds is 4. The molecule has 0 aliphatic rings. The molecule has 1 atom stereocenters. The van der Waals surface area contributed by atoms with E-state index in [9.17, 15) is 8.42 Å². The van der Waals surface area contributed by atoms with Crippen LogP contribution in [0.25, 0.3) is 5.78 Å². The van der Waals surface area contributed by atoms with Gasteiger partial charge in [-0.1, -0.05) is 0 Å². The van der Waals surface area contributed by atoms with Crippen LogP contribution in [-0.4, -0.2) is 39.1 Å². The van der Waals surface area contributed by atoms with Crippen LogP contribution in [0.3, 0.4) is 0 Å². The van der Waals surface area contributed by atoms with Gasteiger partial charge in [-0.15, -0.1) is 11.6 Å². The van der Waals surface area contributed by atoms with Crippen molar-refractivity contribution >= 4 is 27.2 Å². The predicted octanol–water partition coefficient (Wildman–Crippen LogP) is 1.22. The molecule has 6 nitrogen and oxygen atoms in total. The van der Waals surface area contributed by atoms with Gasteiger partial charge in [0.05, 0.1) is 5.25 Å². The number of halogens is 1. The molecule has 0 saturated heterocycles. The first-order chi connectivity index (χ1) is 8.46. The van der Waals surface area contributed by atoms with Crippen molar-refractivity contribution in [3.05, 3.63) is 18.1 Å². The summed E-state index contributed by atoms with van der Waals surface area (Å²) in [6.45, 7) is 3.36. The Labute approximate surface area is 110 Å². The summed E-state index contributed by atoms with van der Waals surface area (Å²) in [7, 11) is -3.48. The van der Waals surface area contributed by atoms with E-state index in [1.54, 1.807) is 13.8 Å². The molecule has 0 fully saturated rings. The average Bonchev–Trinajstić information content (AvgIpc) is 2.75. The van der Waals surface area contributed by atoms with Crippen LogP contribution in [0.15, 0.2) is 17.4 Å². The number of alkyl halides is 1. The summed E-state index contributed by atoms with van der Waals surface area (Å²) in [5.74, 6) is 0.581. The molecule has 18 heavy (non-hydrogen) atoms. The molecule has 0 radical (unpaired) electrons. The second-order valence-electron chi connectivity index (χ2n) is 4.04. The Kier molecular flexibility index (Phi) is 3.54. The third-order valence-electron chi connectivity index (χ3n) is 2.68. The van der Waals surface area contributed by atoms with Crippen molar-refractivity contribution in [2.45, 2.75) is 30.5 Å². The standard InChI is InChI=1S/C10H13ClN4O2S/c1-7-5-9(15-10(14-7)12-6-13-15)18(16,17)8(2)3-4-11/h5-6,8H,3-4H2,1-2H3. The van der Waals surface area contributed by atoms with Crippen LogP contribution in [-0.2, 0) is 9.84 Å². The first-order valence-electron chi connectivity index (χ1n) is 5.44. The third-order valence-corrected chi connectivity index (χ3v) is 5.07. The van der Waals surface area contributed by atoms with Crippen molar-refractivity contribution < 1.29 is 8.42 Å². The molecule has 0 aromatic carbocycles. The molecule has 0 aliphatic carbocycles. The topological polar surface area (TPSA) is 77.2 Å². The zero-order valence-electron chi connectivity index (χ0n) is 10.0. The van der Waals surface area contributed by atoms with Crippen LogP contribution in [0, 0.1) is 6.92 Å². The highest BCUT2D eigenvalue weighted by Crippen LogP contribution is 2.19. The van der Waals surface area contributed by atoms with E-state index in [1.807, 2.05) is 0 Å². The van der Waals surface area contributed by atoms with Gasteiger partial charge in [0.25, 0.3) is 5.78 Å². The fraction of sp³-hybridized carbons (Fsp3) is 0.500. The van der Waals surface area contributed by atoms with Gasteiger partial charge in [0.2, 0.25) is 0 Å². The van der Waals surface area contributed by atoms with Crippen LogP contribution >= 0.6 is 11.6 Å². The number of nitrogens with zero attached hydrogens (tertiary/aromatic N) is 4. The van der Waals surface area contributed by atoms with Crippen molar-refractivity contribution in [3.63, 3.8) is 0 Å². The maximum absolute atomic E-state index is 12.4. The van der Waals surface area contributed by atoms with Gasteiger partial charge in [-0.05, 0) is 26.3 Å². The number of sulfone groups is 1. The molecule has 98 valence electrons. The van der Waals surface area contributed by atoms with Crippen molar-refractivity contribution in [2.75, 3.05) is 5.88 Å². The summed E-state index contributed by atoms with van der Waals surface area (Å²) in [6.07, 6.45) is 1.68. The molecule has 0 bridgehead atoms. The van der Waals surface area contributed by atoms with Gasteiger partial charge in [0.1, 0.15) is 6.33 Å². The minimum atomic E-state index is -3.48. The van der Waals surface area contributed by atoms with Gasteiger partial charge in [-0.3, -0.25) is 0 Å². The maximum Gasteiger partial charge on any atom is 0.253 e. The Hall–Kier alpha value is -1.21. The van der Waals surface area contributed by atoms with Crippen molar-refractivity contribution in [3.8, 4) is 0 Å². The monoisotopic (exact) mass is 288 g/mol. The fourth-order valence-electron chi connectivity index (χ4n) is 1.61. The summed E-state index contributed by atoms with van der Waals surface area (Å²) in [6, 6.07) is 1.50. The van der Waals surface area contributed by atoms with E-state index in [-0.39, 0.29) is 10.8 Å². The van der Waals surface area contributed by atoms with Crippen molar-refractivity contribution in [1.82, 2.24) is 19.6 Å². The summed E-state index contributed by atoms with van der Waals surface area (Å²) >= 11 is 5.61. The summed E-state index contributed by atoms with van der Waals surface area (Å²) in [5.41, 5.74) is 0.590. The van der Waals surface area contributed by atoms with Crippen LogP contribution < -0.4 is 0 Å². The summed E-state index contributed by atoms with van der Waals surface area (Å²) < 4.78 is 26.1. The quantitative estimate of drug-likeness (QED) is 0.624. The van der Waals surface area contributed by atoms with Gasteiger partial charge < -0.3 is 0 Å². The highest BCUT2D eigenvalue weighted by Gasteiger charge is 2.26. The lowest BCUT2D eigenvalue weighted by molar-refractivity contribution is 0.571. The van der Waals surface area contributed by atoms with E-state index in [2.05, 4.69) is 15.1 Å². The normalized spacial score (nSPS) is 13.9. The van der Waals surface area contributed by atoms with E-state index < -0.39 is 15.1 Å². The van der Waals surface area contributed by atoms with Gasteiger partial charge in [-0.2, -0.15) is 14.6 Å². The zero-order chi connectivity index (χ0) is 13.3. The number of aryl methyl sites for hydroxylation is 1. The van der Waals surface area contributed by atoms with Crippen LogP contribution in [0.5, 0.6) is 0 Å². The molecule has 2 rings (SSSR count). The fourth-order valence-corrected chi connectivity index (χ4v) is 3.62. The minimum Gasteiger partial charge on any atom is -0.222 e. The van der Waals surface area contributed by atoms with E-state index in [4.69, 9.17) is 11.6 Å². The van der Waals surface area contributed by atoms with Crippen molar-refractivity contribution in [1.29, 1.82) is 0 Å². The Morgan fingerprint density at radius 2 is 2.22 bits per heavy atom. The Balaban J connectivity index is 2.63. The highest BCUT2D eigenvalue weighted by atomic mass is 35.5. The van der Waals surface area contributed by atoms with Gasteiger partial charge in [0, 0.05) is 11.6 Å². The SMILES string of the molecule is Cc1cc(S(=O)(=O)C(C)CCCl)n2ncnc2n1. The lowest BCUT2D eigenvalue weighted by Crippen LogP contribution is -2.22. The number of hydrogen-bond acceptors (Lipinski definition) is 5. The number of fused-ring (bicyclic) bond motifs is 1. The van der Waals surface area contributed by atoms with E-state index in [1.165, 1.54) is 16.9 Å². The summed E-state index contributed by atoms with van der Waals surface area (Å²) in [5, 5.41) is 3.45.